The molecule has 1 atom stereocenters. The summed E-state index contributed by atoms with van der Waals surface area (Å²) in [4.78, 5) is 36.0. The number of Topliss-reactive ketones (excluding diaryl/α,β-unsaturated/α-hetero) is 1. The lowest BCUT2D eigenvalue weighted by molar-refractivity contribution is -0.167. The Bertz CT molecular complexity index is 692. The van der Waals surface area contributed by atoms with Gasteiger partial charge in [0.05, 0.1) is 0 Å². The first-order chi connectivity index (χ1) is 11.2. The highest BCUT2D eigenvalue weighted by atomic mass is 19.4. The fraction of sp³-hybridized carbons (Fsp3) is 0.471. The van der Waals surface area contributed by atoms with Crippen molar-refractivity contribution in [2.75, 3.05) is 5.32 Å². The van der Waals surface area contributed by atoms with Crippen LogP contribution in [0.4, 0.5) is 18.9 Å². The van der Waals surface area contributed by atoms with E-state index in [9.17, 15) is 27.6 Å². The monoisotopic (exact) mass is 359 g/mol. The fourth-order valence-corrected chi connectivity index (χ4v) is 2.04. The number of para-hydroxylation sites is 1. The van der Waals surface area contributed by atoms with E-state index in [0.29, 0.717) is 0 Å². The second-order valence-corrected chi connectivity index (χ2v) is 6.68. The van der Waals surface area contributed by atoms with Crippen LogP contribution in [0.5, 0.6) is 0 Å². The van der Waals surface area contributed by atoms with Crippen LogP contribution < -0.4 is 5.32 Å². The molecule has 0 saturated heterocycles. The van der Waals surface area contributed by atoms with Crippen molar-refractivity contribution in [3.63, 3.8) is 0 Å². The van der Waals surface area contributed by atoms with Gasteiger partial charge in [-0.15, -0.1) is 0 Å². The van der Waals surface area contributed by atoms with E-state index in [0.717, 1.165) is 6.92 Å². The highest BCUT2D eigenvalue weighted by Gasteiger charge is 2.46. The number of anilines is 1. The summed E-state index contributed by atoms with van der Waals surface area (Å²) in [6.07, 6.45) is -5.11. The van der Waals surface area contributed by atoms with Gasteiger partial charge in [0.2, 0.25) is 0 Å². The molecule has 0 spiro atoms. The number of rotatable bonds is 4. The van der Waals surface area contributed by atoms with Crippen molar-refractivity contribution in [3.8, 4) is 0 Å². The van der Waals surface area contributed by atoms with Gasteiger partial charge in [-0.05, 0) is 40.7 Å². The Morgan fingerprint density at radius 3 is 1.96 bits per heavy atom. The molecule has 0 aliphatic heterocycles. The Labute approximate surface area is 143 Å². The smallest absolute Gasteiger partial charge is 0.459 e. The van der Waals surface area contributed by atoms with Gasteiger partial charge in [0, 0.05) is 11.3 Å². The molecule has 0 fully saturated rings. The number of esters is 1. The van der Waals surface area contributed by atoms with Gasteiger partial charge in [-0.25, -0.2) is 0 Å². The maximum atomic E-state index is 12.6. The molecule has 0 aromatic heterocycles. The third-order valence-electron chi connectivity index (χ3n) is 3.48. The maximum absolute atomic E-state index is 12.6. The van der Waals surface area contributed by atoms with Gasteiger partial charge in [0.1, 0.15) is 11.0 Å². The number of ketones is 1. The Hall–Kier alpha value is -2.38. The van der Waals surface area contributed by atoms with Crippen LogP contribution in [0.2, 0.25) is 0 Å². The van der Waals surface area contributed by atoms with E-state index >= 15 is 0 Å². The van der Waals surface area contributed by atoms with Gasteiger partial charge in [0.25, 0.3) is 0 Å². The molecular formula is C17H20F3NO4. The van der Waals surface area contributed by atoms with Gasteiger partial charge in [-0.3, -0.25) is 14.4 Å². The molecule has 138 valence electrons. The Morgan fingerprint density at radius 2 is 1.52 bits per heavy atom. The van der Waals surface area contributed by atoms with E-state index in [2.05, 4.69) is 0 Å². The van der Waals surface area contributed by atoms with Crippen molar-refractivity contribution in [2.45, 2.75) is 51.8 Å². The predicted octanol–water partition coefficient (Wildman–Crippen LogP) is 3.38. The highest BCUT2D eigenvalue weighted by Crippen LogP contribution is 2.34. The summed E-state index contributed by atoms with van der Waals surface area (Å²) in [5.41, 5.74) is -3.14. The molecule has 5 nitrogen and oxygen atoms in total. The average Bonchev–Trinajstić information content (AvgIpc) is 2.43. The van der Waals surface area contributed by atoms with E-state index in [1.807, 2.05) is 0 Å². The SMILES string of the molecule is CC(=O)[C@@](C)(C(=O)OC(C)(C)C)c1ccccc1NC(=O)C(F)(F)F. The maximum Gasteiger partial charge on any atom is 0.471 e. The summed E-state index contributed by atoms with van der Waals surface area (Å²) in [6.45, 7) is 7.18. The molecule has 0 heterocycles. The lowest BCUT2D eigenvalue weighted by Crippen LogP contribution is -2.44. The standard InChI is InChI=1S/C17H20F3NO4/c1-10(22)16(5,14(24)25-15(2,3)4)11-8-6-7-9-12(11)21-13(23)17(18,19)20/h6-9H,1-5H3,(H,21,23)/t16-/m1/s1. The lowest BCUT2D eigenvalue weighted by Gasteiger charge is -2.31. The summed E-state index contributed by atoms with van der Waals surface area (Å²) in [5.74, 6) is -3.74. The first-order valence-electron chi connectivity index (χ1n) is 7.41. The van der Waals surface area contributed by atoms with E-state index in [1.165, 1.54) is 31.2 Å². The van der Waals surface area contributed by atoms with Crippen LogP contribution in [0.25, 0.3) is 0 Å². The first-order valence-corrected chi connectivity index (χ1v) is 7.41. The number of amides is 1. The first kappa shape index (κ1) is 20.7. The number of ether oxygens (including phenoxy) is 1. The van der Waals surface area contributed by atoms with Gasteiger partial charge in [-0.2, -0.15) is 13.2 Å². The van der Waals surface area contributed by atoms with Gasteiger partial charge >= 0.3 is 18.1 Å². The van der Waals surface area contributed by atoms with E-state index in [-0.39, 0.29) is 11.3 Å². The summed E-state index contributed by atoms with van der Waals surface area (Å²) < 4.78 is 42.8. The number of hydrogen-bond donors (Lipinski definition) is 1. The second-order valence-electron chi connectivity index (χ2n) is 6.68. The Kier molecular flexibility index (Phi) is 5.67. The molecule has 0 saturated carbocycles. The third-order valence-corrected chi connectivity index (χ3v) is 3.48. The minimum Gasteiger partial charge on any atom is -0.459 e. The molecule has 1 aromatic carbocycles. The van der Waals surface area contributed by atoms with E-state index in [1.54, 1.807) is 26.1 Å². The normalized spacial score (nSPS) is 14.4. The topological polar surface area (TPSA) is 72.5 Å². The van der Waals surface area contributed by atoms with Crippen LogP contribution in [0.15, 0.2) is 24.3 Å². The quantitative estimate of drug-likeness (QED) is 0.661. The summed E-state index contributed by atoms with van der Waals surface area (Å²) in [6, 6.07) is 5.32. The van der Waals surface area contributed by atoms with Crippen LogP contribution in [0.1, 0.15) is 40.2 Å². The molecule has 1 amide bonds. The highest BCUT2D eigenvalue weighted by molar-refractivity contribution is 6.10. The molecule has 0 bridgehead atoms. The average molecular weight is 359 g/mol. The molecule has 1 rings (SSSR count). The number of alkyl halides is 3. The number of hydrogen-bond acceptors (Lipinski definition) is 4. The van der Waals surface area contributed by atoms with Crippen molar-refractivity contribution in [3.05, 3.63) is 29.8 Å². The van der Waals surface area contributed by atoms with Crippen LogP contribution in [-0.2, 0) is 24.5 Å². The number of nitrogens with one attached hydrogen (secondary N) is 1. The molecule has 0 aliphatic carbocycles. The van der Waals surface area contributed by atoms with Crippen LogP contribution in [0.3, 0.4) is 0 Å². The zero-order chi connectivity index (χ0) is 19.6. The number of carbonyl (C=O) groups excluding carboxylic acids is 3. The molecule has 1 aromatic rings. The number of halogens is 3. The lowest BCUT2D eigenvalue weighted by atomic mass is 9.78. The number of benzene rings is 1. The van der Waals surface area contributed by atoms with E-state index < -0.39 is 34.9 Å². The molecule has 0 aliphatic rings. The molecule has 1 N–H and O–H groups in total. The zero-order valence-electron chi connectivity index (χ0n) is 14.6. The van der Waals surface area contributed by atoms with Gasteiger partial charge < -0.3 is 10.1 Å². The third kappa shape index (κ3) is 4.80. The Balaban J connectivity index is 3.41. The van der Waals surface area contributed by atoms with Gasteiger partial charge in [-0.1, -0.05) is 18.2 Å². The molecular weight excluding hydrogens is 339 g/mol. The van der Waals surface area contributed by atoms with E-state index in [4.69, 9.17) is 4.74 Å². The fourth-order valence-electron chi connectivity index (χ4n) is 2.04. The molecule has 0 radical (unpaired) electrons. The van der Waals surface area contributed by atoms with Crippen molar-refractivity contribution in [1.82, 2.24) is 0 Å². The van der Waals surface area contributed by atoms with Crippen molar-refractivity contribution < 1.29 is 32.3 Å². The largest absolute Gasteiger partial charge is 0.471 e. The molecule has 25 heavy (non-hydrogen) atoms. The van der Waals surface area contributed by atoms with Crippen molar-refractivity contribution in [2.24, 2.45) is 0 Å². The summed E-state index contributed by atoms with van der Waals surface area (Å²) in [7, 11) is 0. The minimum absolute atomic E-state index is 0.0747. The van der Waals surface area contributed by atoms with Crippen LogP contribution >= 0.6 is 0 Å². The van der Waals surface area contributed by atoms with Gasteiger partial charge in [0.15, 0.2) is 5.78 Å². The zero-order valence-corrected chi connectivity index (χ0v) is 14.6. The second kappa shape index (κ2) is 6.85. The minimum atomic E-state index is -5.11. The van der Waals surface area contributed by atoms with Crippen molar-refractivity contribution in [1.29, 1.82) is 0 Å². The van der Waals surface area contributed by atoms with Crippen LogP contribution in [0, 0.1) is 0 Å². The van der Waals surface area contributed by atoms with Crippen LogP contribution in [-0.4, -0.2) is 29.4 Å². The molecule has 0 unspecified atom stereocenters. The summed E-state index contributed by atoms with van der Waals surface area (Å²) in [5, 5.41) is 1.70. The predicted molar refractivity (Wildman–Crippen MR) is 85.0 cm³/mol. The van der Waals surface area contributed by atoms with Crippen molar-refractivity contribution >= 4 is 23.3 Å². The Morgan fingerprint density at radius 1 is 1.00 bits per heavy atom. The summed E-state index contributed by atoms with van der Waals surface area (Å²) >= 11 is 0. The number of carbonyl (C=O) groups is 3. The molecule has 8 heteroatoms.